The van der Waals surface area contributed by atoms with E-state index in [2.05, 4.69) is 26.2 Å². The number of hydrogen-bond donors (Lipinski definition) is 2. The first-order chi connectivity index (χ1) is 8.50. The molecule has 1 unspecified atom stereocenters. The Morgan fingerprint density at radius 3 is 3.06 bits per heavy atom. The monoisotopic (exact) mass is 313 g/mol. The van der Waals surface area contributed by atoms with Crippen LogP contribution in [-0.2, 0) is 4.79 Å². The molecule has 0 aromatic carbocycles. The second kappa shape index (κ2) is 4.93. The number of carbonyl (C=O) groups is 2. The Kier molecular flexibility index (Phi) is 3.51. The molecule has 1 atom stereocenters. The first-order valence-electron chi connectivity index (χ1n) is 5.44. The first-order valence-corrected chi connectivity index (χ1v) is 6.23. The number of nitrogens with zero attached hydrogens (tertiary/aromatic N) is 2. The normalized spacial score (nSPS) is 19.6. The summed E-state index contributed by atoms with van der Waals surface area (Å²) in [4.78, 5) is 28.6. The molecule has 0 spiro atoms. The van der Waals surface area contributed by atoms with Gasteiger partial charge in [-0.25, -0.2) is 9.78 Å². The number of aromatic carboxylic acids is 1. The topological polar surface area (TPSA) is 82.5 Å². The molecule has 7 heteroatoms. The van der Waals surface area contributed by atoms with Gasteiger partial charge in [-0.15, -0.1) is 0 Å². The van der Waals surface area contributed by atoms with Gasteiger partial charge < -0.3 is 15.3 Å². The first kappa shape index (κ1) is 12.8. The Bertz CT molecular complexity index is 506. The molecule has 1 saturated heterocycles. The molecular formula is C11H12BrN3O3. The van der Waals surface area contributed by atoms with Gasteiger partial charge in [-0.2, -0.15) is 0 Å². The molecular weight excluding hydrogens is 302 g/mol. The lowest BCUT2D eigenvalue weighted by Gasteiger charge is -2.34. The van der Waals surface area contributed by atoms with Crippen LogP contribution in [0.5, 0.6) is 0 Å². The maximum absolute atomic E-state index is 11.6. The minimum absolute atomic E-state index is 0.0888. The van der Waals surface area contributed by atoms with Crippen molar-refractivity contribution in [2.45, 2.75) is 13.0 Å². The standard InChI is InChI=1S/C11H12BrN3O3/c1-6-10(16)13-2-3-15(6)9-8(11(17)18)4-7(12)5-14-9/h4-6H,2-3H2,1H3,(H,13,16)(H,17,18). The maximum atomic E-state index is 11.6. The Balaban J connectivity index is 2.43. The number of nitrogens with one attached hydrogen (secondary N) is 1. The minimum atomic E-state index is -1.06. The van der Waals surface area contributed by atoms with Crippen molar-refractivity contribution >= 4 is 33.6 Å². The van der Waals surface area contributed by atoms with Gasteiger partial charge >= 0.3 is 5.97 Å². The number of aromatic nitrogens is 1. The van der Waals surface area contributed by atoms with Gasteiger partial charge in [0.15, 0.2) is 0 Å². The quantitative estimate of drug-likeness (QED) is 0.846. The lowest BCUT2D eigenvalue weighted by molar-refractivity contribution is -0.122. The molecule has 0 radical (unpaired) electrons. The second-order valence-corrected chi connectivity index (χ2v) is 4.91. The fourth-order valence-corrected chi connectivity index (χ4v) is 2.22. The van der Waals surface area contributed by atoms with Gasteiger partial charge in [-0.3, -0.25) is 4.79 Å². The summed E-state index contributed by atoms with van der Waals surface area (Å²) in [6.07, 6.45) is 1.53. The third kappa shape index (κ3) is 2.31. The molecule has 0 saturated carbocycles. The molecule has 2 N–H and O–H groups in total. The molecule has 1 aromatic heterocycles. The fraction of sp³-hybridized carbons (Fsp3) is 0.364. The van der Waals surface area contributed by atoms with Crippen LogP contribution in [0.25, 0.3) is 0 Å². The summed E-state index contributed by atoms with van der Waals surface area (Å²) in [5, 5.41) is 11.9. The molecule has 6 nitrogen and oxygen atoms in total. The Morgan fingerprint density at radius 1 is 1.67 bits per heavy atom. The SMILES string of the molecule is CC1C(=O)NCCN1c1ncc(Br)cc1C(=O)O. The molecule has 0 bridgehead atoms. The van der Waals surface area contributed by atoms with E-state index >= 15 is 0 Å². The fourth-order valence-electron chi connectivity index (χ4n) is 1.89. The summed E-state index contributed by atoms with van der Waals surface area (Å²) in [6, 6.07) is 1.06. The molecule has 0 aliphatic carbocycles. The van der Waals surface area contributed by atoms with Gasteiger partial charge in [0.1, 0.15) is 17.4 Å². The summed E-state index contributed by atoms with van der Waals surface area (Å²) in [5.74, 6) is -0.854. The molecule has 1 aliphatic rings. The van der Waals surface area contributed by atoms with Crippen molar-refractivity contribution in [3.05, 3.63) is 22.3 Å². The highest BCUT2D eigenvalue weighted by molar-refractivity contribution is 9.10. The number of rotatable bonds is 2. The second-order valence-electron chi connectivity index (χ2n) is 3.99. The van der Waals surface area contributed by atoms with E-state index in [4.69, 9.17) is 0 Å². The van der Waals surface area contributed by atoms with Gasteiger partial charge in [0.05, 0.1) is 0 Å². The molecule has 2 heterocycles. The zero-order chi connectivity index (χ0) is 13.3. The van der Waals surface area contributed by atoms with Crippen LogP contribution < -0.4 is 10.2 Å². The Morgan fingerprint density at radius 2 is 2.39 bits per heavy atom. The number of pyridine rings is 1. The summed E-state index contributed by atoms with van der Waals surface area (Å²) in [6.45, 7) is 2.76. The molecule has 1 amide bonds. The Hall–Kier alpha value is -1.63. The van der Waals surface area contributed by atoms with Crippen molar-refractivity contribution in [3.8, 4) is 0 Å². The number of carboxylic acid groups (broad SMARTS) is 1. The number of amides is 1. The molecule has 1 aromatic rings. The van der Waals surface area contributed by atoms with Gasteiger partial charge in [0, 0.05) is 23.8 Å². The van der Waals surface area contributed by atoms with E-state index in [9.17, 15) is 14.7 Å². The van der Waals surface area contributed by atoms with E-state index in [1.54, 1.807) is 11.8 Å². The number of halogens is 1. The highest BCUT2D eigenvalue weighted by Gasteiger charge is 2.29. The van der Waals surface area contributed by atoms with Crippen LogP contribution in [0, 0.1) is 0 Å². The largest absolute Gasteiger partial charge is 0.478 e. The smallest absolute Gasteiger partial charge is 0.339 e. The van der Waals surface area contributed by atoms with Gasteiger partial charge in [0.25, 0.3) is 0 Å². The molecule has 1 aliphatic heterocycles. The molecule has 96 valence electrons. The maximum Gasteiger partial charge on any atom is 0.339 e. The minimum Gasteiger partial charge on any atom is -0.478 e. The average molecular weight is 314 g/mol. The predicted octanol–water partition coefficient (Wildman–Crippen LogP) is 0.867. The summed E-state index contributed by atoms with van der Waals surface area (Å²) in [7, 11) is 0. The van der Waals surface area contributed by atoms with Crippen molar-refractivity contribution in [1.82, 2.24) is 10.3 Å². The van der Waals surface area contributed by atoms with E-state index < -0.39 is 12.0 Å². The van der Waals surface area contributed by atoms with Crippen LogP contribution in [0.2, 0.25) is 0 Å². The van der Waals surface area contributed by atoms with Crippen LogP contribution in [-0.4, -0.2) is 41.1 Å². The predicted molar refractivity (Wildman–Crippen MR) is 68.7 cm³/mol. The van der Waals surface area contributed by atoms with Crippen LogP contribution in [0.15, 0.2) is 16.7 Å². The molecule has 18 heavy (non-hydrogen) atoms. The van der Waals surface area contributed by atoms with E-state index in [-0.39, 0.29) is 11.5 Å². The summed E-state index contributed by atoms with van der Waals surface area (Å²) in [5.41, 5.74) is 0.0888. The van der Waals surface area contributed by atoms with E-state index in [1.165, 1.54) is 12.3 Å². The molecule has 2 rings (SSSR count). The third-order valence-electron chi connectivity index (χ3n) is 2.83. The summed E-state index contributed by atoms with van der Waals surface area (Å²) < 4.78 is 0.595. The lowest BCUT2D eigenvalue weighted by atomic mass is 10.1. The Labute approximate surface area is 112 Å². The summed E-state index contributed by atoms with van der Waals surface area (Å²) >= 11 is 3.19. The third-order valence-corrected chi connectivity index (χ3v) is 3.27. The van der Waals surface area contributed by atoms with Gasteiger partial charge in [-0.05, 0) is 28.9 Å². The zero-order valence-corrected chi connectivity index (χ0v) is 11.3. The van der Waals surface area contributed by atoms with Crippen LogP contribution in [0.3, 0.4) is 0 Å². The number of hydrogen-bond acceptors (Lipinski definition) is 4. The van der Waals surface area contributed by atoms with Crippen molar-refractivity contribution in [2.24, 2.45) is 0 Å². The van der Waals surface area contributed by atoms with E-state index in [0.717, 1.165) is 0 Å². The van der Waals surface area contributed by atoms with Crippen LogP contribution >= 0.6 is 15.9 Å². The zero-order valence-electron chi connectivity index (χ0n) is 9.68. The lowest BCUT2D eigenvalue weighted by Crippen LogP contribution is -2.54. The van der Waals surface area contributed by atoms with Crippen molar-refractivity contribution in [2.75, 3.05) is 18.0 Å². The van der Waals surface area contributed by atoms with Gasteiger partial charge in [0.2, 0.25) is 5.91 Å². The van der Waals surface area contributed by atoms with Crippen LogP contribution in [0.1, 0.15) is 17.3 Å². The van der Waals surface area contributed by atoms with Crippen molar-refractivity contribution in [3.63, 3.8) is 0 Å². The van der Waals surface area contributed by atoms with Crippen LogP contribution in [0.4, 0.5) is 5.82 Å². The number of piperazine rings is 1. The average Bonchev–Trinajstić information content (AvgIpc) is 2.33. The van der Waals surface area contributed by atoms with Crippen molar-refractivity contribution < 1.29 is 14.7 Å². The van der Waals surface area contributed by atoms with Gasteiger partial charge in [-0.1, -0.05) is 0 Å². The highest BCUT2D eigenvalue weighted by atomic mass is 79.9. The number of carbonyl (C=O) groups excluding carboxylic acids is 1. The number of carboxylic acids is 1. The highest BCUT2D eigenvalue weighted by Crippen LogP contribution is 2.24. The van der Waals surface area contributed by atoms with E-state index in [0.29, 0.717) is 23.4 Å². The molecule has 1 fully saturated rings. The van der Waals surface area contributed by atoms with E-state index in [1.807, 2.05) is 0 Å². The van der Waals surface area contributed by atoms with Crippen molar-refractivity contribution in [1.29, 1.82) is 0 Å². The number of anilines is 1.